The molecule has 4 aliphatic rings. The van der Waals surface area contributed by atoms with Crippen molar-refractivity contribution in [2.24, 2.45) is 5.92 Å². The van der Waals surface area contributed by atoms with Gasteiger partial charge in [-0.15, -0.1) is 0 Å². The Hall–Kier alpha value is -3.24. The number of hydrogen-bond donors (Lipinski definition) is 2. The van der Waals surface area contributed by atoms with Crippen molar-refractivity contribution in [1.82, 2.24) is 20.2 Å². The van der Waals surface area contributed by atoms with Crippen molar-refractivity contribution in [3.8, 4) is 22.9 Å². The number of phenolic OH excluding ortho intramolecular Hbond substituents is 1. The Morgan fingerprint density at radius 2 is 1.76 bits per heavy atom. The van der Waals surface area contributed by atoms with Crippen LogP contribution < -0.4 is 15.0 Å². The molecule has 0 spiro atoms. The number of anilines is 1. The molecule has 4 aliphatic heterocycles. The highest BCUT2D eigenvalue weighted by Crippen LogP contribution is 2.43. The van der Waals surface area contributed by atoms with Gasteiger partial charge in [0, 0.05) is 67.8 Å². The lowest BCUT2D eigenvalue weighted by Gasteiger charge is -2.39. The van der Waals surface area contributed by atoms with Crippen LogP contribution >= 0.6 is 11.6 Å². The van der Waals surface area contributed by atoms with E-state index in [9.17, 15) is 5.11 Å². The number of methoxy groups -OCH3 is 1. The van der Waals surface area contributed by atoms with Crippen LogP contribution in [-0.4, -0.2) is 83.6 Å². The predicted molar refractivity (Wildman–Crippen MR) is 179 cm³/mol. The van der Waals surface area contributed by atoms with Crippen LogP contribution in [0.5, 0.6) is 11.8 Å². The lowest BCUT2D eigenvalue weighted by Crippen LogP contribution is -2.51. The van der Waals surface area contributed by atoms with Gasteiger partial charge in [-0.25, -0.2) is 4.39 Å². The zero-order valence-electron chi connectivity index (χ0n) is 26.4. The molecule has 10 heteroatoms. The average Bonchev–Trinajstić information content (AvgIpc) is 3.49. The van der Waals surface area contributed by atoms with Crippen LogP contribution in [0.15, 0.2) is 42.5 Å². The lowest BCUT2D eigenvalue weighted by atomic mass is 9.96. The Labute approximate surface area is 273 Å². The van der Waals surface area contributed by atoms with Gasteiger partial charge in [-0.05, 0) is 73.1 Å². The van der Waals surface area contributed by atoms with Crippen LogP contribution in [0.4, 0.5) is 10.2 Å². The van der Waals surface area contributed by atoms with E-state index in [0.717, 1.165) is 56.1 Å². The molecule has 4 bridgehead atoms. The number of piperazine rings is 1. The molecule has 242 valence electrons. The summed E-state index contributed by atoms with van der Waals surface area (Å²) >= 11 is 6.91. The Morgan fingerprint density at radius 1 is 1.02 bits per heavy atom. The van der Waals surface area contributed by atoms with Crippen LogP contribution in [0.3, 0.4) is 0 Å². The topological polar surface area (TPSA) is 83.0 Å². The number of fused-ring (bicyclic) bond motifs is 6. The number of hydrogen-bond acceptors (Lipinski definition) is 8. The van der Waals surface area contributed by atoms with E-state index in [0.29, 0.717) is 53.6 Å². The van der Waals surface area contributed by atoms with Gasteiger partial charge in [0.15, 0.2) is 5.82 Å². The van der Waals surface area contributed by atoms with Crippen molar-refractivity contribution < 1.29 is 19.0 Å². The molecule has 3 aromatic carbocycles. The standard InChI is InChI=1S/C36H41ClFN5O3/c1-20(16-43-24-9-10-25(43)13-27(12-24)45-2)19-46-36-40-34-30(35(41-36)42-17-22-7-8-23(18-42)39-22)15-31(37)32(33(34)38)29-14-26(44)11-21-5-3-4-6-28(21)29/h3-6,11,14-15,20,22-25,27,39,44H,7-10,12-13,16-19H2,1-2H3/t20-,22?,23?,24-,25+,27+/m1/s1. The fourth-order valence-corrected chi connectivity index (χ4v) is 8.82. The van der Waals surface area contributed by atoms with Gasteiger partial charge >= 0.3 is 6.01 Å². The van der Waals surface area contributed by atoms with Crippen molar-refractivity contribution in [3.05, 3.63) is 53.3 Å². The molecule has 2 N–H and O–H groups in total. The van der Waals surface area contributed by atoms with E-state index >= 15 is 4.39 Å². The zero-order chi connectivity index (χ0) is 31.5. The van der Waals surface area contributed by atoms with Gasteiger partial charge in [0.05, 0.1) is 17.7 Å². The summed E-state index contributed by atoms with van der Waals surface area (Å²) in [5.41, 5.74) is 0.897. The quantitative estimate of drug-likeness (QED) is 0.223. The van der Waals surface area contributed by atoms with E-state index < -0.39 is 5.82 Å². The second kappa shape index (κ2) is 12.1. The van der Waals surface area contributed by atoms with Gasteiger partial charge in [-0.3, -0.25) is 4.90 Å². The molecule has 0 aliphatic carbocycles. The summed E-state index contributed by atoms with van der Waals surface area (Å²) in [6.07, 6.45) is 7.20. The summed E-state index contributed by atoms with van der Waals surface area (Å²) in [7, 11) is 1.82. The molecule has 8 rings (SSSR count). The van der Waals surface area contributed by atoms with Gasteiger partial charge < -0.3 is 24.8 Å². The second-order valence-corrected chi connectivity index (χ2v) is 14.3. The molecule has 4 aromatic rings. The van der Waals surface area contributed by atoms with Crippen molar-refractivity contribution >= 4 is 39.1 Å². The zero-order valence-corrected chi connectivity index (χ0v) is 27.1. The number of halogens is 2. The Bertz CT molecular complexity index is 1760. The van der Waals surface area contributed by atoms with E-state index in [1.807, 2.05) is 31.4 Å². The first-order valence-corrected chi connectivity index (χ1v) is 17.1. The third-order valence-electron chi connectivity index (χ3n) is 10.7. The monoisotopic (exact) mass is 645 g/mol. The van der Waals surface area contributed by atoms with Gasteiger partial charge in [-0.1, -0.05) is 42.8 Å². The highest BCUT2D eigenvalue weighted by atomic mass is 35.5. The lowest BCUT2D eigenvalue weighted by molar-refractivity contribution is -0.00166. The van der Waals surface area contributed by atoms with Crippen molar-refractivity contribution in [2.45, 2.75) is 75.7 Å². The third kappa shape index (κ3) is 5.45. The normalized spacial score (nSPS) is 26.7. The van der Waals surface area contributed by atoms with Crippen LogP contribution in [-0.2, 0) is 4.74 Å². The van der Waals surface area contributed by atoms with Gasteiger partial charge in [0.25, 0.3) is 0 Å². The number of benzene rings is 3. The van der Waals surface area contributed by atoms with Crippen LogP contribution in [0.2, 0.25) is 5.02 Å². The van der Waals surface area contributed by atoms with Crippen LogP contribution in [0.25, 0.3) is 32.8 Å². The van der Waals surface area contributed by atoms with Crippen molar-refractivity contribution in [1.29, 1.82) is 0 Å². The summed E-state index contributed by atoms with van der Waals surface area (Å²) in [6.45, 7) is 5.11. The number of phenols is 1. The fraction of sp³-hybridized carbons (Fsp3) is 0.500. The van der Waals surface area contributed by atoms with Crippen LogP contribution in [0, 0.1) is 11.7 Å². The number of rotatable bonds is 8. The van der Waals surface area contributed by atoms with Gasteiger partial charge in [-0.2, -0.15) is 9.97 Å². The molecule has 0 radical (unpaired) electrons. The van der Waals surface area contributed by atoms with Crippen LogP contribution in [0.1, 0.15) is 45.4 Å². The van der Waals surface area contributed by atoms with Crippen molar-refractivity contribution in [3.63, 3.8) is 0 Å². The minimum absolute atomic E-state index is 0.0434. The smallest absolute Gasteiger partial charge is 0.319 e. The summed E-state index contributed by atoms with van der Waals surface area (Å²) in [6, 6.07) is 14.6. The van der Waals surface area contributed by atoms with E-state index in [4.69, 9.17) is 31.0 Å². The van der Waals surface area contributed by atoms with E-state index in [1.165, 1.54) is 12.8 Å². The minimum Gasteiger partial charge on any atom is -0.508 e. The number of nitrogens with zero attached hydrogens (tertiary/aromatic N) is 4. The first kappa shape index (κ1) is 30.1. The Balaban J connectivity index is 1.15. The maximum absolute atomic E-state index is 16.9. The maximum Gasteiger partial charge on any atom is 0.319 e. The molecule has 4 saturated heterocycles. The molecule has 6 atom stereocenters. The van der Waals surface area contributed by atoms with Gasteiger partial charge in [0.2, 0.25) is 0 Å². The summed E-state index contributed by atoms with van der Waals surface area (Å²) in [5.74, 6) is 0.389. The van der Waals surface area contributed by atoms with Gasteiger partial charge in [0.1, 0.15) is 17.1 Å². The number of piperidine rings is 1. The van der Waals surface area contributed by atoms with Crippen molar-refractivity contribution in [2.75, 3.05) is 38.3 Å². The first-order chi connectivity index (χ1) is 22.3. The SMILES string of the molecule is CO[C@H]1C[C@H]2CC[C@@H](C1)N2C[C@@H](C)COc1nc(N2CC3CCC(C2)N3)c2cc(Cl)c(-c3cc(O)cc4ccccc34)c(F)c2n1. The highest BCUT2D eigenvalue weighted by Gasteiger charge is 2.41. The summed E-state index contributed by atoms with van der Waals surface area (Å²) in [4.78, 5) is 14.5. The number of aromatic hydroxyl groups is 1. The molecular weight excluding hydrogens is 605 g/mol. The van der Waals surface area contributed by atoms with E-state index in [2.05, 4.69) is 22.0 Å². The molecule has 46 heavy (non-hydrogen) atoms. The fourth-order valence-electron chi connectivity index (χ4n) is 8.53. The van der Waals surface area contributed by atoms with E-state index in [1.54, 1.807) is 18.2 Å². The van der Waals surface area contributed by atoms with E-state index in [-0.39, 0.29) is 33.8 Å². The number of ether oxygens (including phenoxy) is 2. The average molecular weight is 646 g/mol. The number of nitrogens with one attached hydrogen (secondary N) is 1. The predicted octanol–water partition coefficient (Wildman–Crippen LogP) is 6.55. The summed E-state index contributed by atoms with van der Waals surface area (Å²) < 4.78 is 28.9. The molecule has 2 unspecified atom stereocenters. The molecule has 5 heterocycles. The molecule has 1 aromatic heterocycles. The molecule has 0 amide bonds. The number of aromatic nitrogens is 2. The third-order valence-corrected chi connectivity index (χ3v) is 11.0. The highest BCUT2D eigenvalue weighted by molar-refractivity contribution is 6.35. The minimum atomic E-state index is -0.546. The molecule has 8 nitrogen and oxygen atoms in total. The second-order valence-electron chi connectivity index (χ2n) is 13.9. The summed E-state index contributed by atoms with van der Waals surface area (Å²) in [5, 5.41) is 16.6. The first-order valence-electron chi connectivity index (χ1n) is 16.7. The Morgan fingerprint density at radius 3 is 2.50 bits per heavy atom. The Kier molecular flexibility index (Phi) is 7.91. The molecule has 0 saturated carbocycles. The maximum atomic E-state index is 16.9. The molecular formula is C36H41ClFN5O3. The molecule has 4 fully saturated rings. The largest absolute Gasteiger partial charge is 0.508 e.